The molecule has 2 aliphatic rings. The van der Waals surface area contributed by atoms with Gasteiger partial charge in [-0.2, -0.15) is 0 Å². The van der Waals surface area contributed by atoms with Crippen molar-refractivity contribution in [1.82, 2.24) is 4.90 Å². The third kappa shape index (κ3) is 3.74. The van der Waals surface area contributed by atoms with E-state index < -0.39 is 0 Å². The number of fused-ring (bicyclic) bond motifs is 2. The summed E-state index contributed by atoms with van der Waals surface area (Å²) in [6.45, 7) is 2.38. The van der Waals surface area contributed by atoms with E-state index in [-0.39, 0.29) is 18.2 Å². The first-order chi connectivity index (χ1) is 13.1. The van der Waals surface area contributed by atoms with Crippen molar-refractivity contribution in [2.24, 2.45) is 0 Å². The van der Waals surface area contributed by atoms with Crippen LogP contribution in [0.4, 0.5) is 4.79 Å². The van der Waals surface area contributed by atoms with Crippen molar-refractivity contribution in [3.05, 3.63) is 76.3 Å². The van der Waals surface area contributed by atoms with Gasteiger partial charge in [-0.3, -0.25) is 4.90 Å². The zero-order valence-corrected chi connectivity index (χ0v) is 16.3. The summed E-state index contributed by atoms with van der Waals surface area (Å²) in [5.41, 5.74) is 4.64. The fourth-order valence-corrected chi connectivity index (χ4v) is 4.44. The Bertz CT molecular complexity index is 862. The molecule has 2 heterocycles. The molecule has 0 aliphatic carbocycles. The van der Waals surface area contributed by atoms with Crippen molar-refractivity contribution in [2.45, 2.75) is 51.3 Å². The Morgan fingerprint density at radius 2 is 1.96 bits per heavy atom. The highest BCUT2D eigenvalue weighted by atomic mass is 35.5. The average molecular weight is 382 g/mol. The number of hydrogen-bond acceptors (Lipinski definition) is 2. The van der Waals surface area contributed by atoms with Gasteiger partial charge in [0.25, 0.3) is 0 Å². The topological polar surface area (TPSA) is 29.5 Å². The maximum absolute atomic E-state index is 12.8. The van der Waals surface area contributed by atoms with Gasteiger partial charge in [0.2, 0.25) is 0 Å². The van der Waals surface area contributed by atoms with E-state index in [1.165, 1.54) is 11.1 Å². The molecule has 0 aromatic heterocycles. The van der Waals surface area contributed by atoms with Crippen molar-refractivity contribution >= 4 is 23.3 Å². The molecule has 2 unspecified atom stereocenters. The van der Waals surface area contributed by atoms with Gasteiger partial charge in [0, 0.05) is 11.1 Å². The molecule has 140 valence electrons. The monoisotopic (exact) mass is 381 g/mol. The first-order valence-electron chi connectivity index (χ1n) is 9.58. The Morgan fingerprint density at radius 1 is 1.15 bits per heavy atom. The molecule has 0 radical (unpaired) electrons. The second-order valence-electron chi connectivity index (χ2n) is 7.41. The van der Waals surface area contributed by atoms with Crippen molar-refractivity contribution in [1.29, 1.82) is 0 Å². The summed E-state index contributed by atoms with van der Waals surface area (Å²) in [4.78, 5) is 14.8. The number of benzene rings is 2. The molecule has 2 aromatic carbocycles. The SMILES string of the molecule is Cc1c(Cl)cccc1C1=CC2CCCC(C1)N2C(=O)OCc1ccccc1. The van der Waals surface area contributed by atoms with Crippen molar-refractivity contribution in [2.75, 3.05) is 0 Å². The fourth-order valence-electron chi connectivity index (χ4n) is 4.26. The maximum Gasteiger partial charge on any atom is 0.410 e. The quantitative estimate of drug-likeness (QED) is 0.652. The minimum absolute atomic E-state index is 0.106. The summed E-state index contributed by atoms with van der Waals surface area (Å²) in [5, 5.41) is 0.795. The van der Waals surface area contributed by atoms with Gasteiger partial charge in [-0.05, 0) is 60.9 Å². The minimum Gasteiger partial charge on any atom is -0.445 e. The van der Waals surface area contributed by atoms with E-state index in [2.05, 4.69) is 19.1 Å². The Morgan fingerprint density at radius 3 is 2.74 bits per heavy atom. The van der Waals surface area contributed by atoms with Gasteiger partial charge in [0.15, 0.2) is 0 Å². The lowest BCUT2D eigenvalue weighted by atomic mass is 9.82. The molecule has 0 spiro atoms. The number of rotatable bonds is 3. The van der Waals surface area contributed by atoms with E-state index in [4.69, 9.17) is 16.3 Å². The van der Waals surface area contributed by atoms with Crippen LogP contribution in [0, 0.1) is 6.92 Å². The van der Waals surface area contributed by atoms with Gasteiger partial charge in [-0.25, -0.2) is 4.79 Å². The predicted octanol–water partition coefficient (Wildman–Crippen LogP) is 6.00. The number of hydrogen-bond donors (Lipinski definition) is 0. The molecule has 4 rings (SSSR count). The van der Waals surface area contributed by atoms with Gasteiger partial charge in [-0.1, -0.05) is 60.1 Å². The smallest absolute Gasteiger partial charge is 0.410 e. The summed E-state index contributed by atoms with van der Waals surface area (Å²) in [6, 6.07) is 16.2. The Hall–Kier alpha value is -2.26. The van der Waals surface area contributed by atoms with Crippen molar-refractivity contribution < 1.29 is 9.53 Å². The van der Waals surface area contributed by atoms with Gasteiger partial charge < -0.3 is 4.74 Å². The minimum atomic E-state index is -0.202. The molecule has 27 heavy (non-hydrogen) atoms. The van der Waals surface area contributed by atoms with Gasteiger partial charge in [-0.15, -0.1) is 0 Å². The fraction of sp³-hybridized carbons (Fsp3) is 0.348. The molecule has 0 N–H and O–H groups in total. The van der Waals surface area contributed by atoms with E-state index in [0.717, 1.165) is 41.8 Å². The van der Waals surface area contributed by atoms with Crippen molar-refractivity contribution in [3.63, 3.8) is 0 Å². The average Bonchev–Trinajstić information content (AvgIpc) is 2.68. The van der Waals surface area contributed by atoms with Gasteiger partial charge in [0.05, 0.1) is 6.04 Å². The Balaban J connectivity index is 1.53. The Kier molecular flexibility index (Phi) is 5.22. The van der Waals surface area contributed by atoms with E-state index in [0.29, 0.717) is 6.61 Å². The van der Waals surface area contributed by atoms with Crippen LogP contribution in [0.25, 0.3) is 5.57 Å². The highest BCUT2D eigenvalue weighted by Crippen LogP contribution is 2.39. The third-order valence-corrected chi connectivity index (χ3v) is 6.08. The molecule has 2 aromatic rings. The second kappa shape index (κ2) is 7.77. The molecule has 1 amide bonds. The molecule has 3 nitrogen and oxygen atoms in total. The largest absolute Gasteiger partial charge is 0.445 e. The summed E-state index contributed by atoms with van der Waals surface area (Å²) >= 11 is 6.32. The number of carbonyl (C=O) groups excluding carboxylic acids is 1. The highest BCUT2D eigenvalue weighted by molar-refractivity contribution is 6.31. The molecule has 2 bridgehead atoms. The molecular formula is C23H24ClNO2. The van der Waals surface area contributed by atoms with Gasteiger partial charge in [0.1, 0.15) is 6.61 Å². The molecule has 1 saturated heterocycles. The summed E-state index contributed by atoms with van der Waals surface area (Å²) < 4.78 is 5.62. The van der Waals surface area contributed by atoms with Crippen LogP contribution in [-0.2, 0) is 11.3 Å². The molecule has 4 heteroatoms. The third-order valence-electron chi connectivity index (χ3n) is 5.67. The first kappa shape index (κ1) is 18.1. The van der Waals surface area contributed by atoms with Crippen molar-refractivity contribution in [3.8, 4) is 0 Å². The highest BCUT2D eigenvalue weighted by Gasteiger charge is 2.38. The van der Waals surface area contributed by atoms with Crippen LogP contribution in [0.5, 0.6) is 0 Å². The lowest BCUT2D eigenvalue weighted by Crippen LogP contribution is -2.51. The molecule has 2 atom stereocenters. The van der Waals surface area contributed by atoms with E-state index in [1.807, 2.05) is 47.4 Å². The first-order valence-corrected chi connectivity index (χ1v) is 9.96. The van der Waals surface area contributed by atoms with Crippen LogP contribution in [0.1, 0.15) is 42.4 Å². The lowest BCUT2D eigenvalue weighted by Gasteiger charge is -2.44. The number of amides is 1. The zero-order chi connectivity index (χ0) is 18.8. The number of ether oxygens (including phenoxy) is 1. The van der Waals surface area contributed by atoms with Crippen LogP contribution < -0.4 is 0 Å². The summed E-state index contributed by atoms with van der Waals surface area (Å²) in [7, 11) is 0. The number of piperidine rings is 1. The summed E-state index contributed by atoms with van der Waals surface area (Å²) in [6.07, 6.45) is 6.06. The van der Waals surface area contributed by atoms with Crippen LogP contribution in [0.15, 0.2) is 54.6 Å². The zero-order valence-electron chi connectivity index (χ0n) is 15.5. The van der Waals surface area contributed by atoms with Crippen LogP contribution in [0.2, 0.25) is 5.02 Å². The lowest BCUT2D eigenvalue weighted by molar-refractivity contribution is 0.0510. The number of carbonyl (C=O) groups is 1. The van der Waals surface area contributed by atoms with Crippen LogP contribution in [0.3, 0.4) is 0 Å². The second-order valence-corrected chi connectivity index (χ2v) is 7.82. The molecule has 0 saturated carbocycles. The van der Waals surface area contributed by atoms with Crippen LogP contribution >= 0.6 is 11.6 Å². The normalized spacial score (nSPS) is 21.6. The molecular weight excluding hydrogens is 358 g/mol. The van der Waals surface area contributed by atoms with Crippen LogP contribution in [-0.4, -0.2) is 23.1 Å². The number of nitrogens with zero attached hydrogens (tertiary/aromatic N) is 1. The van der Waals surface area contributed by atoms with E-state index in [9.17, 15) is 4.79 Å². The van der Waals surface area contributed by atoms with E-state index in [1.54, 1.807) is 0 Å². The molecule has 1 fully saturated rings. The molecule has 2 aliphatic heterocycles. The van der Waals surface area contributed by atoms with E-state index >= 15 is 0 Å². The summed E-state index contributed by atoms with van der Waals surface area (Å²) in [5.74, 6) is 0. The van der Waals surface area contributed by atoms with Gasteiger partial charge >= 0.3 is 6.09 Å². The maximum atomic E-state index is 12.8. The standard InChI is InChI=1S/C23H24ClNO2/c1-16-21(11-6-12-22(16)24)18-13-19-9-5-10-20(14-18)25(19)23(26)27-15-17-7-3-2-4-8-17/h2-4,6-8,11-13,19-20H,5,9-10,14-15H2,1H3. The Labute approximate surface area is 165 Å². The number of halogens is 1. The predicted molar refractivity (Wildman–Crippen MR) is 109 cm³/mol.